The minimum atomic E-state index is -1.11. The van der Waals surface area contributed by atoms with Crippen molar-refractivity contribution in [3.8, 4) is 0 Å². The molecule has 3 heteroatoms. The van der Waals surface area contributed by atoms with E-state index in [1.54, 1.807) is 0 Å². The normalized spacial score (nSPS) is 12.5. The van der Waals surface area contributed by atoms with E-state index in [0.717, 1.165) is 0 Å². The number of alkyl halides is 1. The Morgan fingerprint density at radius 2 is 1.90 bits per heavy atom. The van der Waals surface area contributed by atoms with Crippen molar-refractivity contribution in [3.05, 3.63) is 12.3 Å². The van der Waals surface area contributed by atoms with Crippen LogP contribution in [0, 0.1) is 0 Å². The first-order valence-corrected chi connectivity index (χ1v) is 7.42. The van der Waals surface area contributed by atoms with Crippen molar-refractivity contribution in [2.75, 3.05) is 12.9 Å². The molecule has 0 aliphatic rings. The zero-order chi connectivity index (χ0) is 8.20. The van der Waals surface area contributed by atoms with Crippen LogP contribution in [0.1, 0.15) is 0 Å². The summed E-state index contributed by atoms with van der Waals surface area (Å²) in [4.78, 5) is 0. The largest absolute Gasteiger partial charge is 0.406 e. The summed E-state index contributed by atoms with van der Waals surface area (Å²) >= 11 is 5.50. The molecule has 0 aromatic rings. The molecule has 0 aliphatic heterocycles. The van der Waals surface area contributed by atoms with Gasteiger partial charge in [0.25, 0.3) is 0 Å². The Morgan fingerprint density at radius 3 is 2.20 bits per heavy atom. The van der Waals surface area contributed by atoms with Crippen LogP contribution in [0.4, 0.5) is 0 Å². The highest BCUT2D eigenvalue weighted by Crippen LogP contribution is 2.06. The number of nitrogens with zero attached hydrogens (tertiary/aromatic N) is 1. The lowest BCUT2D eigenvalue weighted by Gasteiger charge is -2.28. The Labute approximate surface area is 69.8 Å². The number of hydrogen-bond acceptors (Lipinski definition) is 1. The summed E-state index contributed by atoms with van der Waals surface area (Å²) in [7, 11) is 0.996. The average Bonchev–Trinajstić information content (AvgIpc) is 1.80. The topological polar surface area (TPSA) is 3.24 Å². The van der Waals surface area contributed by atoms with Crippen LogP contribution in [-0.4, -0.2) is 25.7 Å². The van der Waals surface area contributed by atoms with E-state index in [2.05, 4.69) is 37.5 Å². The van der Waals surface area contributed by atoms with Crippen LogP contribution in [0.2, 0.25) is 19.6 Å². The van der Waals surface area contributed by atoms with Crippen LogP contribution in [0.25, 0.3) is 0 Å². The zero-order valence-electron chi connectivity index (χ0n) is 7.19. The molecule has 0 aromatic carbocycles. The third-order valence-electron chi connectivity index (χ3n) is 1.48. The summed E-state index contributed by atoms with van der Waals surface area (Å²) in [6, 6.07) is 0. The Morgan fingerprint density at radius 1 is 1.40 bits per heavy atom. The van der Waals surface area contributed by atoms with Gasteiger partial charge in [0.15, 0.2) is 0 Å². The molecule has 1 nitrogen and oxygen atoms in total. The van der Waals surface area contributed by atoms with Crippen molar-refractivity contribution in [2.45, 2.75) is 19.6 Å². The fraction of sp³-hybridized carbons (Fsp3) is 0.714. The molecule has 0 saturated carbocycles. The first kappa shape index (κ1) is 10.0. The Balaban J connectivity index is 3.84. The molecular weight excluding hydrogens is 162 g/mol. The summed E-state index contributed by atoms with van der Waals surface area (Å²) < 4.78 is 2.27. The van der Waals surface area contributed by atoms with E-state index in [1.807, 2.05) is 6.08 Å². The second-order valence-electron chi connectivity index (χ2n) is 3.32. The van der Waals surface area contributed by atoms with Gasteiger partial charge < -0.3 is 4.57 Å². The van der Waals surface area contributed by atoms with Crippen LogP contribution in [0.5, 0.6) is 0 Å². The van der Waals surface area contributed by atoms with Gasteiger partial charge in [0.1, 0.15) is 8.24 Å². The minimum absolute atomic E-state index is 0.606. The van der Waals surface area contributed by atoms with E-state index in [0.29, 0.717) is 5.88 Å². The first-order chi connectivity index (χ1) is 4.48. The fourth-order valence-corrected chi connectivity index (χ4v) is 1.05. The minimum Gasteiger partial charge on any atom is -0.406 e. The molecule has 0 spiro atoms. The van der Waals surface area contributed by atoms with Gasteiger partial charge in [0.05, 0.1) is 0 Å². The van der Waals surface area contributed by atoms with E-state index < -0.39 is 8.24 Å². The summed E-state index contributed by atoms with van der Waals surface area (Å²) in [5.41, 5.74) is 0. The van der Waals surface area contributed by atoms with Crippen molar-refractivity contribution < 1.29 is 0 Å². The molecule has 60 valence electrons. The van der Waals surface area contributed by atoms with Crippen LogP contribution >= 0.6 is 11.6 Å². The highest BCUT2D eigenvalue weighted by molar-refractivity contribution is 6.73. The predicted octanol–water partition coefficient (Wildman–Crippen LogP) is 2.51. The maximum absolute atomic E-state index is 5.50. The van der Waals surface area contributed by atoms with Gasteiger partial charge in [-0.25, -0.2) is 0 Å². The molecule has 0 rings (SSSR count). The third-order valence-corrected chi connectivity index (χ3v) is 3.92. The van der Waals surface area contributed by atoms with Gasteiger partial charge in [-0.3, -0.25) is 0 Å². The molecule has 0 radical (unpaired) electrons. The van der Waals surface area contributed by atoms with E-state index >= 15 is 0 Å². The van der Waals surface area contributed by atoms with Crippen molar-refractivity contribution in [1.29, 1.82) is 0 Å². The summed E-state index contributed by atoms with van der Waals surface area (Å²) in [5.74, 6) is 0.606. The molecule has 0 aliphatic carbocycles. The molecule has 0 atom stereocenters. The maximum atomic E-state index is 5.50. The molecule has 0 unspecified atom stereocenters. The first-order valence-electron chi connectivity index (χ1n) is 3.44. The molecule has 0 heterocycles. The lowest BCUT2D eigenvalue weighted by atomic mass is 10.7. The van der Waals surface area contributed by atoms with Crippen LogP contribution in [0.3, 0.4) is 0 Å². The molecule has 0 aromatic heterocycles. The van der Waals surface area contributed by atoms with Crippen molar-refractivity contribution in [3.63, 3.8) is 0 Å². The van der Waals surface area contributed by atoms with Crippen LogP contribution in [0.15, 0.2) is 12.3 Å². The number of hydrogen-bond donors (Lipinski definition) is 0. The highest BCUT2D eigenvalue weighted by atomic mass is 35.5. The highest BCUT2D eigenvalue weighted by Gasteiger charge is 2.15. The second kappa shape index (κ2) is 4.04. The quantitative estimate of drug-likeness (QED) is 0.473. The van der Waals surface area contributed by atoms with E-state index in [1.165, 1.54) is 0 Å². The van der Waals surface area contributed by atoms with Gasteiger partial charge in [-0.15, -0.1) is 11.6 Å². The Kier molecular flexibility index (Phi) is 4.06. The SMILES string of the molecule is CN(C=CCCl)[Si](C)(C)C. The summed E-state index contributed by atoms with van der Waals surface area (Å²) in [5, 5.41) is 0. The lowest BCUT2D eigenvalue weighted by molar-refractivity contribution is 0.691. The van der Waals surface area contributed by atoms with Gasteiger partial charge in [0.2, 0.25) is 0 Å². The van der Waals surface area contributed by atoms with Gasteiger partial charge in [-0.05, 0) is 13.2 Å². The summed E-state index contributed by atoms with van der Waals surface area (Å²) in [6.07, 6.45) is 4.04. The van der Waals surface area contributed by atoms with Crippen molar-refractivity contribution in [1.82, 2.24) is 4.57 Å². The number of halogens is 1. The fourth-order valence-electron chi connectivity index (χ4n) is 0.422. The maximum Gasteiger partial charge on any atom is 0.146 e. The molecule has 0 amide bonds. The van der Waals surface area contributed by atoms with E-state index in [-0.39, 0.29) is 0 Å². The molecule has 0 N–H and O–H groups in total. The standard InChI is InChI=1S/C7H16ClNSi/c1-9(7-5-6-8)10(2,3)4/h5,7H,6H2,1-4H3. The zero-order valence-corrected chi connectivity index (χ0v) is 8.94. The smallest absolute Gasteiger partial charge is 0.146 e. The monoisotopic (exact) mass is 177 g/mol. The average molecular weight is 178 g/mol. The Bertz CT molecular complexity index is 117. The molecule has 10 heavy (non-hydrogen) atoms. The van der Waals surface area contributed by atoms with Crippen LogP contribution < -0.4 is 0 Å². The number of rotatable bonds is 3. The molecule has 0 saturated heterocycles. The second-order valence-corrected chi connectivity index (χ2v) is 8.68. The Hall–Kier alpha value is 0.0469. The van der Waals surface area contributed by atoms with Gasteiger partial charge in [-0.1, -0.05) is 25.7 Å². The van der Waals surface area contributed by atoms with Gasteiger partial charge >= 0.3 is 0 Å². The molecule has 0 bridgehead atoms. The predicted molar refractivity (Wildman–Crippen MR) is 51.0 cm³/mol. The van der Waals surface area contributed by atoms with Crippen molar-refractivity contribution >= 4 is 19.8 Å². The lowest BCUT2D eigenvalue weighted by Crippen LogP contribution is -2.39. The van der Waals surface area contributed by atoms with Gasteiger partial charge in [0, 0.05) is 5.88 Å². The van der Waals surface area contributed by atoms with Crippen molar-refractivity contribution in [2.24, 2.45) is 0 Å². The van der Waals surface area contributed by atoms with Crippen LogP contribution in [-0.2, 0) is 0 Å². The summed E-state index contributed by atoms with van der Waals surface area (Å²) in [6.45, 7) is 6.89. The molecular formula is C7H16ClNSi. The van der Waals surface area contributed by atoms with Gasteiger partial charge in [-0.2, -0.15) is 0 Å². The number of allylic oxidation sites excluding steroid dienone is 1. The van der Waals surface area contributed by atoms with E-state index in [9.17, 15) is 0 Å². The molecule has 0 fully saturated rings. The van der Waals surface area contributed by atoms with E-state index in [4.69, 9.17) is 11.6 Å². The third kappa shape index (κ3) is 3.96.